The summed E-state index contributed by atoms with van der Waals surface area (Å²) in [5.74, 6) is 4.45. The highest BCUT2D eigenvalue weighted by atomic mass is 19.1. The Morgan fingerprint density at radius 3 is 2.84 bits per heavy atom. The van der Waals surface area contributed by atoms with Crippen molar-refractivity contribution in [2.45, 2.75) is 6.42 Å². The van der Waals surface area contributed by atoms with E-state index in [0.29, 0.717) is 13.0 Å². The molecular weight excluding hydrogens is 252 g/mol. The van der Waals surface area contributed by atoms with Gasteiger partial charge < -0.3 is 5.32 Å². The van der Waals surface area contributed by atoms with E-state index in [1.165, 1.54) is 12.1 Å². The summed E-state index contributed by atoms with van der Waals surface area (Å²) in [6.45, 7) is 0.418. The molecule has 0 saturated carbocycles. The summed E-state index contributed by atoms with van der Waals surface area (Å²) in [6, 6.07) is 6.24. The zero-order valence-corrected chi connectivity index (χ0v) is 10.0. The van der Waals surface area contributed by atoms with Gasteiger partial charge in [0.2, 0.25) is 5.95 Å². The molecule has 1 heterocycles. The molecule has 0 unspecified atom stereocenters. The molecule has 19 heavy (non-hydrogen) atoms. The van der Waals surface area contributed by atoms with Crippen LogP contribution in [0.1, 0.15) is 5.56 Å². The molecule has 2 rings (SSSR count). The molecule has 0 aliphatic carbocycles. The fourth-order valence-electron chi connectivity index (χ4n) is 1.58. The minimum absolute atomic E-state index is 0.0550. The van der Waals surface area contributed by atoms with Crippen LogP contribution in [0.4, 0.5) is 20.5 Å². The summed E-state index contributed by atoms with van der Waals surface area (Å²) in [4.78, 5) is 7.46. The zero-order valence-electron chi connectivity index (χ0n) is 10.0. The molecular formula is C12H13F2N5. The third-order valence-electron chi connectivity index (χ3n) is 2.47. The van der Waals surface area contributed by atoms with E-state index < -0.39 is 5.82 Å². The van der Waals surface area contributed by atoms with Crippen molar-refractivity contribution >= 4 is 11.8 Å². The molecule has 0 fully saturated rings. The minimum atomic E-state index is -0.571. The van der Waals surface area contributed by atoms with E-state index in [4.69, 9.17) is 5.84 Å². The number of benzene rings is 1. The number of hydrazine groups is 1. The molecule has 4 N–H and O–H groups in total. The van der Waals surface area contributed by atoms with Crippen molar-refractivity contribution in [1.82, 2.24) is 9.97 Å². The molecule has 2 aromatic rings. The molecule has 0 aliphatic heterocycles. The predicted octanol–water partition coefficient (Wildman–Crippen LogP) is 1.69. The van der Waals surface area contributed by atoms with Gasteiger partial charge in [0.1, 0.15) is 5.82 Å². The Bertz CT molecular complexity index is 562. The van der Waals surface area contributed by atoms with Crippen LogP contribution in [0.3, 0.4) is 0 Å². The van der Waals surface area contributed by atoms with Gasteiger partial charge in [0.15, 0.2) is 11.6 Å². The van der Waals surface area contributed by atoms with Crippen LogP contribution in [0.15, 0.2) is 30.5 Å². The Morgan fingerprint density at radius 2 is 2.11 bits per heavy atom. The molecule has 0 atom stereocenters. The summed E-state index contributed by atoms with van der Waals surface area (Å²) in [5, 5.41) is 2.81. The number of hydrogen-bond acceptors (Lipinski definition) is 5. The lowest BCUT2D eigenvalue weighted by atomic mass is 10.1. The molecule has 5 nitrogen and oxygen atoms in total. The quantitative estimate of drug-likeness (QED) is 0.566. The molecule has 1 aromatic heterocycles. The fourth-order valence-corrected chi connectivity index (χ4v) is 1.58. The van der Waals surface area contributed by atoms with Crippen molar-refractivity contribution in [3.63, 3.8) is 0 Å². The molecule has 0 spiro atoms. The molecule has 0 bridgehead atoms. The molecule has 100 valence electrons. The largest absolute Gasteiger partial charge is 0.367 e. The number of anilines is 2. The monoisotopic (exact) mass is 265 g/mol. The van der Waals surface area contributed by atoms with Gasteiger partial charge in [-0.1, -0.05) is 12.1 Å². The number of hydrogen-bond donors (Lipinski definition) is 3. The second-order valence-corrected chi connectivity index (χ2v) is 3.84. The third kappa shape index (κ3) is 3.59. The van der Waals surface area contributed by atoms with Crippen LogP contribution in [0, 0.1) is 11.6 Å². The molecule has 0 saturated heterocycles. The highest BCUT2D eigenvalue weighted by Crippen LogP contribution is 2.11. The van der Waals surface area contributed by atoms with Crippen LogP contribution in [0.25, 0.3) is 0 Å². The smallest absolute Gasteiger partial charge is 0.239 e. The standard InChI is InChI=1S/C12H13F2N5/c13-9-3-1-2-8(6-9)4-5-16-11-10(14)7-17-12(18-11)19-15/h1-3,6-7H,4-5,15H2,(H2,16,17,18,19). The van der Waals surface area contributed by atoms with Crippen LogP contribution in [-0.4, -0.2) is 16.5 Å². The number of nitrogens with two attached hydrogens (primary N) is 1. The number of aromatic nitrogens is 2. The Balaban J connectivity index is 1.95. The Morgan fingerprint density at radius 1 is 1.26 bits per heavy atom. The summed E-state index contributed by atoms with van der Waals surface area (Å²) in [5.41, 5.74) is 3.05. The van der Waals surface area contributed by atoms with Gasteiger partial charge in [-0.2, -0.15) is 4.98 Å². The van der Waals surface area contributed by atoms with Gasteiger partial charge in [-0.15, -0.1) is 0 Å². The van der Waals surface area contributed by atoms with Crippen molar-refractivity contribution in [3.05, 3.63) is 47.7 Å². The van der Waals surface area contributed by atoms with E-state index in [1.54, 1.807) is 12.1 Å². The van der Waals surface area contributed by atoms with Crippen LogP contribution in [0.2, 0.25) is 0 Å². The van der Waals surface area contributed by atoms with Gasteiger partial charge in [-0.3, -0.25) is 5.43 Å². The fraction of sp³-hybridized carbons (Fsp3) is 0.167. The highest BCUT2D eigenvalue weighted by Gasteiger charge is 2.05. The average molecular weight is 265 g/mol. The second-order valence-electron chi connectivity index (χ2n) is 3.84. The first-order valence-corrected chi connectivity index (χ1v) is 5.66. The van der Waals surface area contributed by atoms with Crippen molar-refractivity contribution in [3.8, 4) is 0 Å². The first kappa shape index (κ1) is 13.2. The van der Waals surface area contributed by atoms with Crippen molar-refractivity contribution in [2.24, 2.45) is 5.84 Å². The lowest BCUT2D eigenvalue weighted by Gasteiger charge is -2.07. The first-order valence-electron chi connectivity index (χ1n) is 5.66. The van der Waals surface area contributed by atoms with Gasteiger partial charge in [-0.25, -0.2) is 19.6 Å². The van der Waals surface area contributed by atoms with Gasteiger partial charge in [0.25, 0.3) is 0 Å². The molecule has 1 aromatic carbocycles. The predicted molar refractivity (Wildman–Crippen MR) is 68.4 cm³/mol. The van der Waals surface area contributed by atoms with E-state index in [1.807, 2.05) is 0 Å². The van der Waals surface area contributed by atoms with Crippen LogP contribution in [0.5, 0.6) is 0 Å². The number of rotatable bonds is 5. The molecule has 7 heteroatoms. The maximum atomic E-state index is 13.4. The van der Waals surface area contributed by atoms with Gasteiger partial charge in [-0.05, 0) is 24.1 Å². The van der Waals surface area contributed by atoms with Crippen molar-refractivity contribution in [1.29, 1.82) is 0 Å². The number of halogens is 2. The maximum Gasteiger partial charge on any atom is 0.239 e. The average Bonchev–Trinajstić information content (AvgIpc) is 2.41. The molecule has 0 amide bonds. The summed E-state index contributed by atoms with van der Waals surface area (Å²) in [6.07, 6.45) is 1.57. The van der Waals surface area contributed by atoms with Crippen LogP contribution in [-0.2, 0) is 6.42 Å². The van der Waals surface area contributed by atoms with Crippen molar-refractivity contribution in [2.75, 3.05) is 17.3 Å². The maximum absolute atomic E-state index is 13.4. The summed E-state index contributed by atoms with van der Waals surface area (Å²) >= 11 is 0. The third-order valence-corrected chi connectivity index (χ3v) is 2.47. The Kier molecular flexibility index (Phi) is 4.19. The molecule has 0 radical (unpaired) electrons. The topological polar surface area (TPSA) is 75.9 Å². The van der Waals surface area contributed by atoms with Crippen LogP contribution < -0.4 is 16.6 Å². The summed E-state index contributed by atoms with van der Waals surface area (Å²) < 4.78 is 26.3. The second kappa shape index (κ2) is 6.05. The number of nitrogens with one attached hydrogen (secondary N) is 2. The normalized spacial score (nSPS) is 10.3. The highest BCUT2D eigenvalue weighted by molar-refractivity contribution is 5.40. The van der Waals surface area contributed by atoms with E-state index >= 15 is 0 Å². The Labute approximate surface area is 108 Å². The number of nitrogen functional groups attached to an aromatic ring is 1. The van der Waals surface area contributed by atoms with E-state index in [-0.39, 0.29) is 17.6 Å². The van der Waals surface area contributed by atoms with Gasteiger partial charge in [0.05, 0.1) is 6.20 Å². The van der Waals surface area contributed by atoms with Gasteiger partial charge >= 0.3 is 0 Å². The van der Waals surface area contributed by atoms with Crippen molar-refractivity contribution < 1.29 is 8.78 Å². The van der Waals surface area contributed by atoms with E-state index in [2.05, 4.69) is 20.7 Å². The van der Waals surface area contributed by atoms with Crippen LogP contribution >= 0.6 is 0 Å². The summed E-state index contributed by atoms with van der Waals surface area (Å²) in [7, 11) is 0. The lowest BCUT2D eigenvalue weighted by Crippen LogP contribution is -2.14. The zero-order chi connectivity index (χ0) is 13.7. The SMILES string of the molecule is NNc1ncc(F)c(NCCc2cccc(F)c2)n1. The Hall–Kier alpha value is -2.28. The minimum Gasteiger partial charge on any atom is -0.367 e. The van der Waals surface area contributed by atoms with E-state index in [0.717, 1.165) is 11.8 Å². The number of nitrogens with zero attached hydrogens (tertiary/aromatic N) is 2. The van der Waals surface area contributed by atoms with E-state index in [9.17, 15) is 8.78 Å². The van der Waals surface area contributed by atoms with Gasteiger partial charge in [0, 0.05) is 6.54 Å². The molecule has 0 aliphatic rings. The first-order chi connectivity index (χ1) is 9.19. The lowest BCUT2D eigenvalue weighted by molar-refractivity contribution is 0.616.